The molecule has 6 heteroatoms. The van der Waals surface area contributed by atoms with Gasteiger partial charge in [-0.1, -0.05) is 68.5 Å². The van der Waals surface area contributed by atoms with Gasteiger partial charge in [0.15, 0.2) is 11.6 Å². The second-order valence-electron chi connectivity index (χ2n) is 9.23. The van der Waals surface area contributed by atoms with E-state index in [4.69, 9.17) is 14.2 Å². The van der Waals surface area contributed by atoms with Crippen molar-refractivity contribution in [1.82, 2.24) is 0 Å². The zero-order valence-electron chi connectivity index (χ0n) is 21.1. The standard InChI is InChI=1S/C31H33F3O3/c1-3-5-19-36-28-17-15-26(29(30(28)32)31(33)34)24-12-16-27(37-20-24)23-8-6-21(7-9-23)22-10-13-25(14-11-22)35-18-4-2/h4,6-11,13-15,17,24,27,31H,2-3,5,12,16,18-20H2,1H3. The van der Waals surface area contributed by atoms with E-state index in [0.717, 1.165) is 35.3 Å². The Morgan fingerprint density at radius 2 is 1.68 bits per heavy atom. The molecule has 1 heterocycles. The Morgan fingerprint density at radius 1 is 0.973 bits per heavy atom. The van der Waals surface area contributed by atoms with Gasteiger partial charge in [0.05, 0.1) is 24.9 Å². The fourth-order valence-corrected chi connectivity index (χ4v) is 4.65. The Hall–Kier alpha value is -3.25. The molecule has 3 aromatic carbocycles. The van der Waals surface area contributed by atoms with Crippen molar-refractivity contribution in [3.63, 3.8) is 0 Å². The molecule has 1 aliphatic rings. The second kappa shape index (κ2) is 12.8. The minimum atomic E-state index is -2.92. The molecule has 1 saturated heterocycles. The third-order valence-electron chi connectivity index (χ3n) is 6.71. The second-order valence-corrected chi connectivity index (χ2v) is 9.23. The normalized spacial score (nSPS) is 17.5. The quantitative estimate of drug-likeness (QED) is 0.191. The van der Waals surface area contributed by atoms with Crippen molar-refractivity contribution in [3.8, 4) is 22.6 Å². The molecule has 1 fully saturated rings. The van der Waals surface area contributed by atoms with Crippen molar-refractivity contribution in [2.45, 2.75) is 51.1 Å². The van der Waals surface area contributed by atoms with Gasteiger partial charge in [0, 0.05) is 5.92 Å². The molecule has 2 unspecified atom stereocenters. The highest BCUT2D eigenvalue weighted by atomic mass is 19.3. The van der Waals surface area contributed by atoms with Gasteiger partial charge >= 0.3 is 0 Å². The lowest BCUT2D eigenvalue weighted by atomic mass is 9.86. The monoisotopic (exact) mass is 510 g/mol. The first-order valence-corrected chi connectivity index (χ1v) is 12.8. The highest BCUT2D eigenvalue weighted by molar-refractivity contribution is 5.64. The number of rotatable bonds is 11. The lowest BCUT2D eigenvalue weighted by Crippen LogP contribution is -2.21. The van der Waals surface area contributed by atoms with Crippen LogP contribution in [0.3, 0.4) is 0 Å². The number of hydrogen-bond donors (Lipinski definition) is 0. The molecule has 4 rings (SSSR count). The fraction of sp³-hybridized carbons (Fsp3) is 0.355. The summed E-state index contributed by atoms with van der Waals surface area (Å²) < 4.78 is 59.7. The van der Waals surface area contributed by atoms with Crippen molar-refractivity contribution >= 4 is 0 Å². The lowest BCUT2D eigenvalue weighted by Gasteiger charge is -2.31. The van der Waals surface area contributed by atoms with Gasteiger partial charge in [-0.15, -0.1) is 0 Å². The Labute approximate surface area is 216 Å². The first kappa shape index (κ1) is 26.8. The van der Waals surface area contributed by atoms with Crippen molar-refractivity contribution in [1.29, 1.82) is 0 Å². The molecule has 37 heavy (non-hydrogen) atoms. The van der Waals surface area contributed by atoms with Crippen LogP contribution in [0.2, 0.25) is 0 Å². The molecule has 0 bridgehead atoms. The van der Waals surface area contributed by atoms with E-state index in [1.165, 1.54) is 6.07 Å². The maximum Gasteiger partial charge on any atom is 0.267 e. The van der Waals surface area contributed by atoms with Crippen LogP contribution in [-0.2, 0) is 4.74 Å². The summed E-state index contributed by atoms with van der Waals surface area (Å²) in [5.41, 5.74) is 2.93. The molecular weight excluding hydrogens is 477 g/mol. The van der Waals surface area contributed by atoms with Crippen LogP contribution in [0, 0.1) is 5.82 Å². The SMILES string of the molecule is C=CCOc1ccc(-c2ccc(C3CCC(c4ccc(OCCCC)c(F)c4C(F)F)CO3)cc2)cc1. The van der Waals surface area contributed by atoms with Crippen LogP contribution in [-0.4, -0.2) is 19.8 Å². The molecule has 1 aliphatic heterocycles. The Kier molecular flexibility index (Phi) is 9.29. The van der Waals surface area contributed by atoms with E-state index < -0.39 is 17.8 Å². The highest BCUT2D eigenvalue weighted by Crippen LogP contribution is 2.41. The fourth-order valence-electron chi connectivity index (χ4n) is 4.65. The van der Waals surface area contributed by atoms with E-state index in [0.29, 0.717) is 31.6 Å². The van der Waals surface area contributed by atoms with E-state index >= 15 is 0 Å². The van der Waals surface area contributed by atoms with Crippen molar-refractivity contribution in [3.05, 3.63) is 95.8 Å². The summed E-state index contributed by atoms with van der Waals surface area (Å²) in [4.78, 5) is 0. The largest absolute Gasteiger partial charge is 0.491 e. The van der Waals surface area contributed by atoms with E-state index in [2.05, 4.69) is 6.58 Å². The molecule has 0 amide bonds. The predicted octanol–water partition coefficient (Wildman–Crippen LogP) is 8.81. The van der Waals surface area contributed by atoms with Crippen LogP contribution in [0.4, 0.5) is 13.2 Å². The predicted molar refractivity (Wildman–Crippen MR) is 140 cm³/mol. The third-order valence-corrected chi connectivity index (χ3v) is 6.71. The minimum Gasteiger partial charge on any atom is -0.491 e. The van der Waals surface area contributed by atoms with E-state index in [9.17, 15) is 13.2 Å². The van der Waals surface area contributed by atoms with Gasteiger partial charge in [0.25, 0.3) is 6.43 Å². The summed E-state index contributed by atoms with van der Waals surface area (Å²) in [5, 5.41) is 0. The van der Waals surface area contributed by atoms with Gasteiger partial charge in [0.1, 0.15) is 12.4 Å². The van der Waals surface area contributed by atoms with Crippen LogP contribution in [0.1, 0.15) is 67.7 Å². The van der Waals surface area contributed by atoms with E-state index in [1.807, 2.05) is 55.5 Å². The topological polar surface area (TPSA) is 27.7 Å². The summed E-state index contributed by atoms with van der Waals surface area (Å²) in [6.45, 7) is 6.66. The molecule has 0 spiro atoms. The van der Waals surface area contributed by atoms with E-state index in [1.54, 1.807) is 12.1 Å². The summed E-state index contributed by atoms with van der Waals surface area (Å²) >= 11 is 0. The molecule has 3 aromatic rings. The number of unbranched alkanes of at least 4 members (excludes halogenated alkanes) is 1. The van der Waals surface area contributed by atoms with Crippen molar-refractivity contribution < 1.29 is 27.4 Å². The third kappa shape index (κ3) is 6.55. The molecule has 196 valence electrons. The molecule has 0 aliphatic carbocycles. The summed E-state index contributed by atoms with van der Waals surface area (Å²) in [5.74, 6) is -0.567. The molecule has 0 saturated carbocycles. The molecular formula is C31H33F3O3. The van der Waals surface area contributed by atoms with Gasteiger partial charge < -0.3 is 14.2 Å². The molecule has 0 aromatic heterocycles. The molecule has 0 radical (unpaired) electrons. The smallest absolute Gasteiger partial charge is 0.267 e. The first-order chi connectivity index (χ1) is 18.0. The highest BCUT2D eigenvalue weighted by Gasteiger charge is 2.30. The van der Waals surface area contributed by atoms with Crippen LogP contribution in [0.15, 0.2) is 73.3 Å². The Bertz CT molecular complexity index is 1150. The average molecular weight is 511 g/mol. The molecule has 0 N–H and O–H groups in total. The van der Waals surface area contributed by atoms with Gasteiger partial charge in [-0.3, -0.25) is 0 Å². The van der Waals surface area contributed by atoms with Crippen LogP contribution in [0.25, 0.3) is 11.1 Å². The average Bonchev–Trinajstić information content (AvgIpc) is 2.93. The number of hydrogen-bond acceptors (Lipinski definition) is 3. The van der Waals surface area contributed by atoms with E-state index in [-0.39, 0.29) is 24.4 Å². The van der Waals surface area contributed by atoms with Gasteiger partial charge in [0.2, 0.25) is 0 Å². The number of alkyl halides is 2. The zero-order valence-corrected chi connectivity index (χ0v) is 21.1. The van der Waals surface area contributed by atoms with Gasteiger partial charge in [-0.25, -0.2) is 13.2 Å². The minimum absolute atomic E-state index is 0.110. The van der Waals surface area contributed by atoms with Crippen LogP contribution < -0.4 is 9.47 Å². The van der Waals surface area contributed by atoms with Crippen LogP contribution in [0.5, 0.6) is 11.5 Å². The molecule has 2 atom stereocenters. The van der Waals surface area contributed by atoms with Gasteiger partial charge in [-0.2, -0.15) is 0 Å². The van der Waals surface area contributed by atoms with Crippen LogP contribution >= 0.6 is 0 Å². The summed E-state index contributed by atoms with van der Waals surface area (Å²) in [6.07, 6.45) is 1.57. The Balaban J connectivity index is 1.40. The zero-order chi connectivity index (χ0) is 26.2. The summed E-state index contributed by atoms with van der Waals surface area (Å²) in [7, 11) is 0. The van der Waals surface area contributed by atoms with Gasteiger partial charge in [-0.05, 0) is 59.7 Å². The Morgan fingerprint density at radius 3 is 2.27 bits per heavy atom. The summed E-state index contributed by atoms with van der Waals surface area (Å²) in [6, 6.07) is 19.1. The van der Waals surface area contributed by atoms with Crippen molar-refractivity contribution in [2.24, 2.45) is 0 Å². The number of ether oxygens (including phenoxy) is 3. The molecule has 3 nitrogen and oxygen atoms in total. The number of halogens is 3. The first-order valence-electron chi connectivity index (χ1n) is 12.8. The lowest BCUT2D eigenvalue weighted by molar-refractivity contribution is 0.00149. The van der Waals surface area contributed by atoms with Crippen molar-refractivity contribution in [2.75, 3.05) is 19.8 Å². The maximum absolute atomic E-state index is 14.9. The maximum atomic E-state index is 14.9. The number of benzene rings is 3.